The lowest BCUT2D eigenvalue weighted by atomic mass is 9.74. The number of nitrogens with zero attached hydrogens (tertiary/aromatic N) is 2. The quantitative estimate of drug-likeness (QED) is 0.124. The van der Waals surface area contributed by atoms with Gasteiger partial charge in [-0.2, -0.15) is 0 Å². The van der Waals surface area contributed by atoms with Crippen molar-refractivity contribution in [2.45, 2.75) is 12.3 Å². The molecule has 0 saturated heterocycles. The lowest BCUT2D eigenvalue weighted by molar-refractivity contribution is 0.714. The van der Waals surface area contributed by atoms with E-state index < -0.39 is 0 Å². The summed E-state index contributed by atoms with van der Waals surface area (Å²) in [5.41, 5.74) is 15.7. The molecule has 0 aliphatic heterocycles. The zero-order valence-corrected chi connectivity index (χ0v) is 34.3. The molecule has 0 radical (unpaired) electrons. The van der Waals surface area contributed by atoms with E-state index >= 15 is 0 Å². The highest BCUT2D eigenvalue weighted by Crippen LogP contribution is 2.53. The van der Waals surface area contributed by atoms with E-state index in [0.29, 0.717) is 5.82 Å². The fraction of sp³-hybridized carbons (Fsp3) is 0.0333. The van der Waals surface area contributed by atoms with Gasteiger partial charge in [0.25, 0.3) is 0 Å². The first-order chi connectivity index (χ1) is 30.6. The average molecular weight is 789 g/mol. The maximum atomic E-state index is 5.40. The molecule has 0 saturated carbocycles. The monoisotopic (exact) mass is 788 g/mol. The first-order valence-electron chi connectivity index (χ1n) is 21.4. The van der Waals surface area contributed by atoms with Gasteiger partial charge in [0.15, 0.2) is 5.82 Å². The Morgan fingerprint density at radius 2 is 0.919 bits per heavy atom. The van der Waals surface area contributed by atoms with Gasteiger partial charge in [-0.05, 0) is 108 Å². The molecule has 1 aliphatic rings. The molecule has 0 N–H and O–H groups in total. The van der Waals surface area contributed by atoms with Gasteiger partial charge < -0.3 is 0 Å². The van der Waals surface area contributed by atoms with Crippen LogP contribution in [0, 0.1) is 0 Å². The van der Waals surface area contributed by atoms with E-state index in [1.807, 2.05) is 0 Å². The molecule has 1 aromatic heterocycles. The smallest absolute Gasteiger partial charge is 0.160 e. The van der Waals surface area contributed by atoms with Crippen LogP contribution < -0.4 is 0 Å². The number of hydrogen-bond acceptors (Lipinski definition) is 2. The van der Waals surface area contributed by atoms with E-state index in [9.17, 15) is 0 Å². The summed E-state index contributed by atoms with van der Waals surface area (Å²) in [6, 6.07) is 81.2. The third-order valence-electron chi connectivity index (χ3n) is 13.2. The zero-order valence-electron chi connectivity index (χ0n) is 34.3. The second-order valence-electron chi connectivity index (χ2n) is 16.6. The first kappa shape index (κ1) is 36.0. The Hall–Kier alpha value is -7.94. The summed E-state index contributed by atoms with van der Waals surface area (Å²) in [5.74, 6) is 0.690. The van der Waals surface area contributed by atoms with Crippen LogP contribution in [-0.2, 0) is 5.41 Å². The average Bonchev–Trinajstić information content (AvgIpc) is 3.61. The van der Waals surface area contributed by atoms with Gasteiger partial charge in [-0.1, -0.05) is 206 Å². The van der Waals surface area contributed by atoms with E-state index in [0.717, 1.165) is 44.8 Å². The van der Waals surface area contributed by atoms with Crippen LogP contribution in [0.4, 0.5) is 0 Å². The summed E-state index contributed by atoms with van der Waals surface area (Å²) in [4.78, 5) is 10.8. The molecule has 1 atom stereocenters. The summed E-state index contributed by atoms with van der Waals surface area (Å²) < 4.78 is 0. The van der Waals surface area contributed by atoms with Crippen molar-refractivity contribution in [1.29, 1.82) is 0 Å². The maximum absolute atomic E-state index is 5.40. The van der Waals surface area contributed by atoms with Crippen molar-refractivity contribution in [2.24, 2.45) is 0 Å². The molecule has 11 aromatic rings. The third-order valence-corrected chi connectivity index (χ3v) is 13.2. The Kier molecular flexibility index (Phi) is 8.33. The predicted octanol–water partition coefficient (Wildman–Crippen LogP) is 15.6. The third kappa shape index (κ3) is 5.72. The molecule has 0 spiro atoms. The van der Waals surface area contributed by atoms with Gasteiger partial charge in [0.1, 0.15) is 0 Å². The lowest BCUT2D eigenvalue weighted by Gasteiger charge is -2.28. The Labute approximate surface area is 361 Å². The Morgan fingerprint density at radius 3 is 1.73 bits per heavy atom. The molecule has 1 aliphatic carbocycles. The molecule has 12 rings (SSSR count). The summed E-state index contributed by atoms with van der Waals surface area (Å²) >= 11 is 0. The number of hydrogen-bond donors (Lipinski definition) is 0. The highest BCUT2D eigenvalue weighted by atomic mass is 14.9. The minimum absolute atomic E-state index is 0.271. The van der Waals surface area contributed by atoms with Crippen LogP contribution >= 0.6 is 0 Å². The van der Waals surface area contributed by atoms with Gasteiger partial charge in [-0.15, -0.1) is 0 Å². The molecule has 0 bridgehead atoms. The van der Waals surface area contributed by atoms with Crippen molar-refractivity contribution >= 4 is 32.3 Å². The molecule has 10 aromatic carbocycles. The van der Waals surface area contributed by atoms with Crippen LogP contribution in [0.3, 0.4) is 0 Å². The largest absolute Gasteiger partial charge is 0.228 e. The van der Waals surface area contributed by atoms with Gasteiger partial charge in [0, 0.05) is 22.1 Å². The van der Waals surface area contributed by atoms with Crippen LogP contribution in [0.5, 0.6) is 0 Å². The van der Waals surface area contributed by atoms with E-state index in [2.05, 4.69) is 231 Å². The SMILES string of the molecule is CC1(c2ccccc2)c2ccccc2-c2cc(-c3cc(-c4ccccc4-c4ccccc4)nc(-c4ccc(-c5c6ccccc6cc6c5ccc5ccccc56)cc4)n3)ccc21. The van der Waals surface area contributed by atoms with Crippen LogP contribution in [0.15, 0.2) is 224 Å². The van der Waals surface area contributed by atoms with Gasteiger partial charge in [-0.3, -0.25) is 0 Å². The standard InChI is InChI=1S/C60H40N2/c1-60(45-20-6-3-7-21-45)54-27-15-14-25-49(54)53-37-44(33-35-55(53)60)56-38-57(50-26-13-12-22-46(50)39-16-4-2-5-17-39)62-59(61-56)42-30-28-41(29-31-42)58-48-24-11-9-19-43(48)36-52-47-23-10-8-18-40(47)32-34-51(52)58/h2-38H,1H3. The number of benzene rings is 10. The minimum atomic E-state index is -0.271. The maximum Gasteiger partial charge on any atom is 0.160 e. The van der Waals surface area contributed by atoms with Crippen LogP contribution in [0.1, 0.15) is 23.6 Å². The van der Waals surface area contributed by atoms with Gasteiger partial charge in [0.05, 0.1) is 11.4 Å². The number of fused-ring (bicyclic) bond motifs is 7. The predicted molar refractivity (Wildman–Crippen MR) is 259 cm³/mol. The van der Waals surface area contributed by atoms with Crippen LogP contribution in [-0.4, -0.2) is 9.97 Å². The molecule has 2 heteroatoms. The van der Waals surface area contributed by atoms with E-state index in [1.165, 1.54) is 65.7 Å². The first-order valence-corrected chi connectivity index (χ1v) is 21.4. The van der Waals surface area contributed by atoms with Crippen molar-refractivity contribution in [1.82, 2.24) is 9.97 Å². The second kappa shape index (κ2) is 14.4. The Morgan fingerprint density at radius 1 is 0.323 bits per heavy atom. The van der Waals surface area contributed by atoms with E-state index in [4.69, 9.17) is 9.97 Å². The summed E-state index contributed by atoms with van der Waals surface area (Å²) in [5, 5.41) is 7.49. The van der Waals surface area contributed by atoms with Gasteiger partial charge in [0.2, 0.25) is 0 Å². The molecule has 0 fully saturated rings. The molecule has 62 heavy (non-hydrogen) atoms. The Bertz CT molecular complexity index is 3520. The number of rotatable bonds is 6. The van der Waals surface area contributed by atoms with Crippen LogP contribution in [0.25, 0.3) is 99.6 Å². The van der Waals surface area contributed by atoms with E-state index in [1.54, 1.807) is 0 Å². The zero-order chi connectivity index (χ0) is 41.2. The number of aromatic nitrogens is 2. The van der Waals surface area contributed by atoms with Gasteiger partial charge in [-0.25, -0.2) is 9.97 Å². The summed E-state index contributed by atoms with van der Waals surface area (Å²) in [6.07, 6.45) is 0. The molecule has 2 nitrogen and oxygen atoms in total. The van der Waals surface area contributed by atoms with Crippen molar-refractivity contribution < 1.29 is 0 Å². The summed E-state index contributed by atoms with van der Waals surface area (Å²) in [6.45, 7) is 2.36. The molecule has 1 heterocycles. The van der Waals surface area contributed by atoms with E-state index in [-0.39, 0.29) is 5.41 Å². The van der Waals surface area contributed by atoms with Crippen molar-refractivity contribution in [3.05, 3.63) is 241 Å². The highest BCUT2D eigenvalue weighted by molar-refractivity contribution is 6.20. The molecular formula is C60H40N2. The topological polar surface area (TPSA) is 25.8 Å². The fourth-order valence-electron chi connectivity index (χ4n) is 10.1. The highest BCUT2D eigenvalue weighted by Gasteiger charge is 2.40. The van der Waals surface area contributed by atoms with Crippen molar-refractivity contribution in [3.8, 4) is 67.3 Å². The molecule has 0 amide bonds. The van der Waals surface area contributed by atoms with Crippen molar-refractivity contribution in [3.63, 3.8) is 0 Å². The van der Waals surface area contributed by atoms with Crippen LogP contribution in [0.2, 0.25) is 0 Å². The van der Waals surface area contributed by atoms with Gasteiger partial charge >= 0.3 is 0 Å². The lowest BCUT2D eigenvalue weighted by Crippen LogP contribution is -2.22. The fourth-order valence-corrected chi connectivity index (χ4v) is 10.1. The summed E-state index contributed by atoms with van der Waals surface area (Å²) in [7, 11) is 0. The normalized spacial score (nSPS) is 14.3. The minimum Gasteiger partial charge on any atom is -0.228 e. The Balaban J connectivity index is 1.03. The molecule has 290 valence electrons. The molecule has 1 unspecified atom stereocenters. The van der Waals surface area contributed by atoms with Crippen molar-refractivity contribution in [2.75, 3.05) is 0 Å². The molecular weight excluding hydrogens is 749 g/mol. The second-order valence-corrected chi connectivity index (χ2v) is 16.6.